The van der Waals surface area contributed by atoms with Crippen molar-refractivity contribution in [3.63, 3.8) is 0 Å². The Hall–Kier alpha value is -1.82. The average Bonchev–Trinajstić information content (AvgIpc) is 2.98. The molecular weight excluding hydrogens is 276 g/mol. The lowest BCUT2D eigenvalue weighted by atomic mass is 10.1. The van der Waals surface area contributed by atoms with E-state index in [0.717, 1.165) is 12.2 Å². The Morgan fingerprint density at radius 2 is 2.20 bits per heavy atom. The van der Waals surface area contributed by atoms with Crippen LogP contribution in [0.4, 0.5) is 0 Å². The first kappa shape index (κ1) is 13.2. The molecule has 6 heteroatoms. The van der Waals surface area contributed by atoms with Crippen molar-refractivity contribution in [1.82, 2.24) is 10.1 Å². The van der Waals surface area contributed by atoms with Gasteiger partial charge in [0.15, 0.2) is 5.82 Å². The minimum atomic E-state index is -0.993. The lowest BCUT2D eigenvalue weighted by molar-refractivity contribution is 0.0697. The molecule has 1 saturated heterocycles. The molecule has 1 fully saturated rings. The van der Waals surface area contributed by atoms with Gasteiger partial charge in [0.1, 0.15) is 0 Å². The minimum Gasteiger partial charge on any atom is -0.478 e. The number of carboxylic acids is 1. The summed E-state index contributed by atoms with van der Waals surface area (Å²) >= 11 is 1.83. The fourth-order valence-electron chi connectivity index (χ4n) is 2.28. The molecule has 5 nitrogen and oxygen atoms in total. The molecule has 0 radical (unpaired) electrons. The Morgan fingerprint density at radius 1 is 1.35 bits per heavy atom. The molecule has 1 aromatic carbocycles. The van der Waals surface area contributed by atoms with E-state index in [1.54, 1.807) is 18.2 Å². The lowest BCUT2D eigenvalue weighted by Gasteiger charge is -2.17. The normalized spacial score (nSPS) is 18.9. The van der Waals surface area contributed by atoms with E-state index in [1.807, 2.05) is 11.8 Å². The number of rotatable bonds is 3. The number of aromatic carboxylic acids is 1. The van der Waals surface area contributed by atoms with Gasteiger partial charge in [-0.3, -0.25) is 0 Å². The van der Waals surface area contributed by atoms with Crippen molar-refractivity contribution in [3.8, 4) is 11.5 Å². The molecule has 1 unspecified atom stereocenters. The third-order valence-corrected chi connectivity index (χ3v) is 4.67. The Labute approximate surface area is 120 Å². The summed E-state index contributed by atoms with van der Waals surface area (Å²) in [4.78, 5) is 15.6. The molecule has 1 aliphatic heterocycles. The van der Waals surface area contributed by atoms with Crippen LogP contribution < -0.4 is 0 Å². The van der Waals surface area contributed by atoms with Crippen molar-refractivity contribution in [2.75, 3.05) is 5.75 Å². The lowest BCUT2D eigenvalue weighted by Crippen LogP contribution is -2.04. The second kappa shape index (κ2) is 5.66. The molecule has 1 atom stereocenters. The predicted molar refractivity (Wildman–Crippen MR) is 75.7 cm³/mol. The maximum atomic E-state index is 11.2. The van der Waals surface area contributed by atoms with Crippen molar-refractivity contribution >= 4 is 17.7 Å². The smallest absolute Gasteiger partial charge is 0.336 e. The number of thioether (sulfide) groups is 1. The summed E-state index contributed by atoms with van der Waals surface area (Å²) in [7, 11) is 0. The zero-order valence-electron chi connectivity index (χ0n) is 10.8. The topological polar surface area (TPSA) is 76.2 Å². The van der Waals surface area contributed by atoms with Gasteiger partial charge in [-0.05, 0) is 30.7 Å². The number of hydrogen-bond acceptors (Lipinski definition) is 5. The van der Waals surface area contributed by atoms with Gasteiger partial charge in [-0.25, -0.2) is 4.79 Å². The van der Waals surface area contributed by atoms with E-state index in [1.165, 1.54) is 18.9 Å². The molecule has 0 amide bonds. The monoisotopic (exact) mass is 290 g/mol. The van der Waals surface area contributed by atoms with Gasteiger partial charge < -0.3 is 9.63 Å². The molecule has 20 heavy (non-hydrogen) atoms. The highest BCUT2D eigenvalue weighted by Gasteiger charge is 2.23. The predicted octanol–water partition coefficient (Wildman–Crippen LogP) is 3.39. The molecule has 0 saturated carbocycles. The van der Waals surface area contributed by atoms with E-state index in [0.29, 0.717) is 11.4 Å². The highest BCUT2D eigenvalue weighted by atomic mass is 32.2. The van der Waals surface area contributed by atoms with Crippen molar-refractivity contribution in [1.29, 1.82) is 0 Å². The molecular formula is C14H14N2O3S. The number of aromatic nitrogens is 2. The molecule has 2 aromatic rings. The molecule has 0 aliphatic carbocycles. The van der Waals surface area contributed by atoms with Crippen molar-refractivity contribution in [2.45, 2.75) is 24.5 Å². The third kappa shape index (κ3) is 2.56. The maximum absolute atomic E-state index is 11.2. The second-order valence-electron chi connectivity index (χ2n) is 4.66. The Bertz CT molecular complexity index is 620. The van der Waals surface area contributed by atoms with E-state index in [4.69, 9.17) is 4.52 Å². The Balaban J connectivity index is 1.92. The SMILES string of the molecule is O=C(O)c1ccccc1-c1nc(C2CCCCS2)no1. The molecule has 0 spiro atoms. The number of carboxylic acid groups (broad SMARTS) is 1. The summed E-state index contributed by atoms with van der Waals surface area (Å²) in [5, 5.41) is 13.5. The molecule has 3 rings (SSSR count). The van der Waals surface area contributed by atoms with Crippen LogP contribution in [0.1, 0.15) is 40.7 Å². The summed E-state index contributed by atoms with van der Waals surface area (Å²) in [5.74, 6) is 1.07. The van der Waals surface area contributed by atoms with Crippen LogP contribution in [0.2, 0.25) is 0 Å². The van der Waals surface area contributed by atoms with Gasteiger partial charge in [-0.1, -0.05) is 23.7 Å². The fraction of sp³-hybridized carbons (Fsp3) is 0.357. The van der Waals surface area contributed by atoms with Crippen LogP contribution in [0.5, 0.6) is 0 Å². The van der Waals surface area contributed by atoms with E-state index < -0.39 is 5.97 Å². The first-order valence-electron chi connectivity index (χ1n) is 6.53. The fourth-order valence-corrected chi connectivity index (χ4v) is 3.51. The quantitative estimate of drug-likeness (QED) is 0.933. The Kier molecular flexibility index (Phi) is 3.73. The molecule has 1 aromatic heterocycles. The minimum absolute atomic E-state index is 0.180. The van der Waals surface area contributed by atoms with Crippen LogP contribution in [0.3, 0.4) is 0 Å². The zero-order chi connectivity index (χ0) is 13.9. The average molecular weight is 290 g/mol. The van der Waals surface area contributed by atoms with Gasteiger partial charge >= 0.3 is 5.97 Å². The van der Waals surface area contributed by atoms with Crippen LogP contribution in [-0.2, 0) is 0 Å². The largest absolute Gasteiger partial charge is 0.478 e. The van der Waals surface area contributed by atoms with Crippen LogP contribution >= 0.6 is 11.8 Å². The molecule has 104 valence electrons. The summed E-state index contributed by atoms with van der Waals surface area (Å²) in [6.07, 6.45) is 3.45. The third-order valence-electron chi connectivity index (χ3n) is 3.30. The maximum Gasteiger partial charge on any atom is 0.336 e. The van der Waals surface area contributed by atoms with E-state index in [2.05, 4.69) is 10.1 Å². The van der Waals surface area contributed by atoms with Crippen molar-refractivity contribution in [2.24, 2.45) is 0 Å². The second-order valence-corrected chi connectivity index (χ2v) is 5.97. The molecule has 1 N–H and O–H groups in total. The summed E-state index contributed by atoms with van der Waals surface area (Å²) in [6, 6.07) is 6.67. The van der Waals surface area contributed by atoms with Crippen molar-refractivity contribution < 1.29 is 14.4 Å². The van der Waals surface area contributed by atoms with Gasteiger partial charge in [0.05, 0.1) is 16.4 Å². The van der Waals surface area contributed by atoms with Gasteiger partial charge in [0, 0.05) is 0 Å². The molecule has 1 aliphatic rings. The summed E-state index contributed by atoms with van der Waals surface area (Å²) in [6.45, 7) is 0. The highest BCUT2D eigenvalue weighted by Crippen LogP contribution is 2.37. The summed E-state index contributed by atoms with van der Waals surface area (Å²) in [5.41, 5.74) is 0.651. The Morgan fingerprint density at radius 3 is 2.95 bits per heavy atom. The number of hydrogen-bond donors (Lipinski definition) is 1. The van der Waals surface area contributed by atoms with Crippen LogP contribution in [0, 0.1) is 0 Å². The van der Waals surface area contributed by atoms with Crippen LogP contribution in [0.25, 0.3) is 11.5 Å². The first-order valence-corrected chi connectivity index (χ1v) is 7.58. The zero-order valence-corrected chi connectivity index (χ0v) is 11.6. The van der Waals surface area contributed by atoms with Gasteiger partial charge in [-0.2, -0.15) is 16.7 Å². The molecule has 2 heterocycles. The van der Waals surface area contributed by atoms with E-state index in [9.17, 15) is 9.90 Å². The van der Waals surface area contributed by atoms with Gasteiger partial charge in [0.2, 0.25) is 0 Å². The van der Waals surface area contributed by atoms with Gasteiger partial charge in [0.25, 0.3) is 5.89 Å². The highest BCUT2D eigenvalue weighted by molar-refractivity contribution is 7.99. The summed E-state index contributed by atoms with van der Waals surface area (Å²) < 4.78 is 5.26. The number of nitrogens with zero attached hydrogens (tertiary/aromatic N) is 2. The van der Waals surface area contributed by atoms with Crippen LogP contribution in [-0.4, -0.2) is 27.0 Å². The standard InChI is InChI=1S/C14H14N2O3S/c17-14(18)10-6-2-1-5-9(10)13-15-12(16-19-13)11-7-3-4-8-20-11/h1-2,5-6,11H,3-4,7-8H2,(H,17,18). The van der Waals surface area contributed by atoms with Crippen molar-refractivity contribution in [3.05, 3.63) is 35.7 Å². The number of carbonyl (C=O) groups is 1. The first-order chi connectivity index (χ1) is 9.75. The van der Waals surface area contributed by atoms with Gasteiger partial charge in [-0.15, -0.1) is 0 Å². The van der Waals surface area contributed by atoms with E-state index >= 15 is 0 Å². The van der Waals surface area contributed by atoms with Crippen LogP contribution in [0.15, 0.2) is 28.8 Å². The van der Waals surface area contributed by atoms with E-state index in [-0.39, 0.29) is 16.7 Å². The number of benzene rings is 1. The molecule has 0 bridgehead atoms.